The van der Waals surface area contributed by atoms with Crippen LogP contribution in [0.3, 0.4) is 0 Å². The van der Waals surface area contributed by atoms with Gasteiger partial charge in [0.05, 0.1) is 6.54 Å². The average molecular weight is 415 g/mol. The number of allylic oxidation sites excluding steroid dienone is 2. The Hall–Kier alpha value is -0.870. The predicted molar refractivity (Wildman–Crippen MR) is 122 cm³/mol. The number of amidine groups is 1. The maximum absolute atomic E-state index is 12.2. The standard InChI is InChI=1S/C23H42N2O2.ClH/c1-3-4-5-6-7-8-9-10-11-12-13-14-15-16-17-18-22(27)23-24-19-20-25(23)21(2)26;/h10-11,21,26H,3-9,12-20H2,1-2H3;1H. The lowest BCUT2D eigenvalue weighted by atomic mass is 10.1. The third-order valence-corrected chi connectivity index (χ3v) is 5.24. The molecular weight excluding hydrogens is 372 g/mol. The van der Waals surface area contributed by atoms with Gasteiger partial charge in [0.1, 0.15) is 6.23 Å². The van der Waals surface area contributed by atoms with Crippen LogP contribution in [0.25, 0.3) is 0 Å². The fourth-order valence-corrected chi connectivity index (χ4v) is 3.54. The van der Waals surface area contributed by atoms with Gasteiger partial charge in [0, 0.05) is 13.0 Å². The predicted octanol–water partition coefficient (Wildman–Crippen LogP) is 6.07. The van der Waals surface area contributed by atoms with Gasteiger partial charge in [0.2, 0.25) is 0 Å². The summed E-state index contributed by atoms with van der Waals surface area (Å²) < 4.78 is 0. The van der Waals surface area contributed by atoms with E-state index in [0.29, 0.717) is 25.3 Å². The van der Waals surface area contributed by atoms with E-state index in [1.807, 2.05) is 0 Å². The minimum absolute atomic E-state index is 0. The summed E-state index contributed by atoms with van der Waals surface area (Å²) in [6, 6.07) is 0. The molecule has 1 unspecified atom stereocenters. The van der Waals surface area contributed by atoms with Gasteiger partial charge < -0.3 is 10.0 Å². The van der Waals surface area contributed by atoms with Crippen LogP contribution in [0.5, 0.6) is 0 Å². The Morgan fingerprint density at radius 3 is 2.11 bits per heavy atom. The molecule has 28 heavy (non-hydrogen) atoms. The zero-order valence-electron chi connectivity index (χ0n) is 18.2. The SMILES string of the molecule is CCCCCCCCC=CCCCCCCCC(=O)C1=NCCN1C(C)O.Cl. The van der Waals surface area contributed by atoms with Crippen molar-refractivity contribution < 1.29 is 9.90 Å². The summed E-state index contributed by atoms with van der Waals surface area (Å²) in [4.78, 5) is 18.2. The van der Waals surface area contributed by atoms with E-state index in [1.54, 1.807) is 11.8 Å². The summed E-state index contributed by atoms with van der Waals surface area (Å²) in [6.45, 7) is 5.24. The van der Waals surface area contributed by atoms with Gasteiger partial charge in [-0.3, -0.25) is 9.79 Å². The molecule has 0 radical (unpaired) electrons. The molecule has 0 amide bonds. The van der Waals surface area contributed by atoms with E-state index in [2.05, 4.69) is 24.1 Å². The summed E-state index contributed by atoms with van der Waals surface area (Å²) in [6.07, 6.45) is 21.0. The van der Waals surface area contributed by atoms with Crippen molar-refractivity contribution in [3.05, 3.63) is 12.2 Å². The van der Waals surface area contributed by atoms with Crippen LogP contribution in [0.1, 0.15) is 104 Å². The highest BCUT2D eigenvalue weighted by Gasteiger charge is 2.25. The molecule has 5 heteroatoms. The molecule has 1 rings (SSSR count). The molecule has 0 aliphatic carbocycles. The van der Waals surface area contributed by atoms with Crippen molar-refractivity contribution in [3.8, 4) is 0 Å². The number of ketones is 1. The number of aliphatic imine (C=N–C) groups is 1. The Balaban J connectivity index is 0.00000729. The maximum Gasteiger partial charge on any atom is 0.197 e. The van der Waals surface area contributed by atoms with Gasteiger partial charge in [-0.1, -0.05) is 70.4 Å². The monoisotopic (exact) mass is 414 g/mol. The molecule has 0 aromatic heterocycles. The largest absolute Gasteiger partial charge is 0.374 e. The van der Waals surface area contributed by atoms with E-state index in [0.717, 1.165) is 12.8 Å². The molecule has 1 aliphatic heterocycles. The van der Waals surface area contributed by atoms with E-state index in [1.165, 1.54) is 70.6 Å². The van der Waals surface area contributed by atoms with Crippen molar-refractivity contribution in [2.24, 2.45) is 4.99 Å². The number of carbonyl (C=O) groups is 1. The molecule has 0 aromatic carbocycles. The second-order valence-corrected chi connectivity index (χ2v) is 7.79. The first-order chi connectivity index (χ1) is 13.2. The van der Waals surface area contributed by atoms with Crippen LogP contribution in [-0.4, -0.2) is 40.9 Å². The summed E-state index contributed by atoms with van der Waals surface area (Å²) in [5.41, 5.74) is 0. The zero-order chi connectivity index (χ0) is 19.7. The lowest BCUT2D eigenvalue weighted by molar-refractivity contribution is -0.114. The zero-order valence-corrected chi connectivity index (χ0v) is 19.0. The van der Waals surface area contributed by atoms with Gasteiger partial charge in [0.15, 0.2) is 11.6 Å². The summed E-state index contributed by atoms with van der Waals surface area (Å²) >= 11 is 0. The van der Waals surface area contributed by atoms with Crippen molar-refractivity contribution in [1.82, 2.24) is 4.90 Å². The quantitative estimate of drug-likeness (QED) is 0.232. The highest BCUT2D eigenvalue weighted by molar-refractivity contribution is 6.39. The number of Topliss-reactive ketones (excluding diaryl/α,β-unsaturated/α-hetero) is 1. The van der Waals surface area contributed by atoms with Crippen LogP contribution in [0.4, 0.5) is 0 Å². The van der Waals surface area contributed by atoms with Crippen molar-refractivity contribution in [2.75, 3.05) is 13.1 Å². The molecule has 1 N–H and O–H groups in total. The molecular formula is C23H43ClN2O2. The average Bonchev–Trinajstić information content (AvgIpc) is 3.15. The summed E-state index contributed by atoms with van der Waals surface area (Å²) in [5, 5.41) is 9.66. The molecule has 0 saturated carbocycles. The first-order valence-electron chi connectivity index (χ1n) is 11.3. The lowest BCUT2D eigenvalue weighted by Gasteiger charge is -2.22. The van der Waals surface area contributed by atoms with Crippen molar-refractivity contribution in [2.45, 2.75) is 110 Å². The maximum atomic E-state index is 12.2. The summed E-state index contributed by atoms with van der Waals surface area (Å²) in [5.74, 6) is 0.575. The molecule has 4 nitrogen and oxygen atoms in total. The number of unbranched alkanes of at least 4 members (excludes halogenated alkanes) is 11. The number of aliphatic hydroxyl groups is 1. The van der Waals surface area contributed by atoms with Crippen LogP contribution in [0.15, 0.2) is 17.1 Å². The molecule has 1 atom stereocenters. The second-order valence-electron chi connectivity index (χ2n) is 7.79. The number of halogens is 1. The van der Waals surface area contributed by atoms with Crippen LogP contribution in [0, 0.1) is 0 Å². The van der Waals surface area contributed by atoms with E-state index >= 15 is 0 Å². The first kappa shape index (κ1) is 27.1. The smallest absolute Gasteiger partial charge is 0.197 e. The van der Waals surface area contributed by atoms with Gasteiger partial charge in [-0.2, -0.15) is 0 Å². The molecule has 0 saturated heterocycles. The van der Waals surface area contributed by atoms with E-state index < -0.39 is 6.23 Å². The Labute approximate surface area is 179 Å². The molecule has 0 spiro atoms. The Bertz CT molecular complexity index is 450. The second kappa shape index (κ2) is 18.2. The third kappa shape index (κ3) is 12.6. The summed E-state index contributed by atoms with van der Waals surface area (Å²) in [7, 11) is 0. The van der Waals surface area contributed by atoms with E-state index in [4.69, 9.17) is 0 Å². The highest BCUT2D eigenvalue weighted by atomic mass is 35.5. The Morgan fingerprint density at radius 1 is 1.00 bits per heavy atom. The molecule has 0 fully saturated rings. The van der Waals surface area contributed by atoms with Gasteiger partial charge >= 0.3 is 0 Å². The number of nitrogens with zero attached hydrogens (tertiary/aromatic N) is 2. The highest BCUT2D eigenvalue weighted by Crippen LogP contribution is 2.12. The van der Waals surface area contributed by atoms with Crippen LogP contribution >= 0.6 is 12.4 Å². The molecule has 1 heterocycles. The number of hydrogen-bond acceptors (Lipinski definition) is 4. The van der Waals surface area contributed by atoms with E-state index in [9.17, 15) is 9.90 Å². The van der Waals surface area contributed by atoms with Crippen LogP contribution in [-0.2, 0) is 4.79 Å². The molecule has 1 aliphatic rings. The van der Waals surface area contributed by atoms with Crippen molar-refractivity contribution >= 4 is 24.0 Å². The third-order valence-electron chi connectivity index (χ3n) is 5.24. The number of aliphatic hydroxyl groups excluding tert-OH is 1. The fraction of sp³-hybridized carbons (Fsp3) is 0.826. The van der Waals surface area contributed by atoms with Gasteiger partial charge in [-0.05, 0) is 39.0 Å². The molecule has 164 valence electrons. The van der Waals surface area contributed by atoms with Crippen molar-refractivity contribution in [1.29, 1.82) is 0 Å². The van der Waals surface area contributed by atoms with Gasteiger partial charge in [0.25, 0.3) is 0 Å². The van der Waals surface area contributed by atoms with Crippen LogP contribution < -0.4 is 0 Å². The molecule has 0 bridgehead atoms. The topological polar surface area (TPSA) is 52.9 Å². The fourth-order valence-electron chi connectivity index (χ4n) is 3.54. The first-order valence-corrected chi connectivity index (χ1v) is 11.3. The molecule has 0 aromatic rings. The Kier molecular flexibility index (Phi) is 17.6. The van der Waals surface area contributed by atoms with Gasteiger partial charge in [-0.25, -0.2) is 0 Å². The number of hydrogen-bond donors (Lipinski definition) is 1. The lowest BCUT2D eigenvalue weighted by Crippen LogP contribution is -2.39. The minimum atomic E-state index is -0.621. The van der Waals surface area contributed by atoms with Gasteiger partial charge in [-0.15, -0.1) is 12.4 Å². The van der Waals surface area contributed by atoms with Crippen LogP contribution in [0.2, 0.25) is 0 Å². The number of carbonyl (C=O) groups excluding carboxylic acids is 1. The normalized spacial score (nSPS) is 15.0. The Morgan fingerprint density at radius 2 is 1.54 bits per heavy atom. The van der Waals surface area contributed by atoms with Crippen molar-refractivity contribution in [3.63, 3.8) is 0 Å². The minimum Gasteiger partial charge on any atom is -0.374 e. The van der Waals surface area contributed by atoms with E-state index in [-0.39, 0.29) is 18.2 Å². The number of rotatable bonds is 17.